The Morgan fingerprint density at radius 3 is 2.54 bits per heavy atom. The van der Waals surface area contributed by atoms with E-state index in [4.69, 9.17) is 4.74 Å². The molecule has 3 aliphatic rings. The van der Waals surface area contributed by atoms with E-state index >= 15 is 0 Å². The number of ether oxygens (including phenoxy) is 1. The Balaban J connectivity index is 1.29. The van der Waals surface area contributed by atoms with Gasteiger partial charge in [0.2, 0.25) is 17.7 Å². The van der Waals surface area contributed by atoms with Crippen LogP contribution in [0, 0.1) is 40.7 Å². The molecule has 10 heteroatoms. The van der Waals surface area contributed by atoms with Gasteiger partial charge in [0.15, 0.2) is 0 Å². The van der Waals surface area contributed by atoms with Gasteiger partial charge in [0.25, 0.3) is 5.69 Å². The van der Waals surface area contributed by atoms with Gasteiger partial charge in [-0.05, 0) is 50.3 Å². The predicted molar refractivity (Wildman–Crippen MR) is 133 cm³/mol. The maximum atomic E-state index is 13.0. The number of hydrogen-bond donors (Lipinski definition) is 0. The van der Waals surface area contributed by atoms with Gasteiger partial charge in [-0.1, -0.05) is 19.1 Å². The van der Waals surface area contributed by atoms with Gasteiger partial charge in [0, 0.05) is 30.7 Å². The summed E-state index contributed by atoms with van der Waals surface area (Å²) in [5.74, 6) is -2.21. The number of aryl methyl sites for hydroxylation is 1. The molecule has 2 saturated heterocycles. The normalized spacial score (nSPS) is 25.4. The van der Waals surface area contributed by atoms with Gasteiger partial charge in [-0.2, -0.15) is 0 Å². The zero-order valence-electron chi connectivity index (χ0n) is 20.6. The lowest BCUT2D eigenvalue weighted by Crippen LogP contribution is -2.31. The van der Waals surface area contributed by atoms with Gasteiger partial charge >= 0.3 is 5.97 Å². The van der Waals surface area contributed by atoms with E-state index in [1.807, 2.05) is 0 Å². The van der Waals surface area contributed by atoms with E-state index in [1.54, 1.807) is 37.3 Å². The second kappa shape index (κ2) is 9.42. The zero-order valence-corrected chi connectivity index (χ0v) is 20.6. The van der Waals surface area contributed by atoms with Crippen LogP contribution in [-0.4, -0.2) is 35.2 Å². The Labute approximate surface area is 213 Å². The number of amides is 3. The van der Waals surface area contributed by atoms with Crippen LogP contribution in [0.2, 0.25) is 0 Å². The lowest BCUT2D eigenvalue weighted by Gasteiger charge is -2.25. The van der Waals surface area contributed by atoms with Crippen molar-refractivity contribution in [2.45, 2.75) is 39.5 Å². The molecule has 192 valence electrons. The highest BCUT2D eigenvalue weighted by Crippen LogP contribution is 2.42. The molecular formula is C27H27N3O7. The van der Waals surface area contributed by atoms with Crippen molar-refractivity contribution < 1.29 is 28.8 Å². The number of imide groups is 1. The van der Waals surface area contributed by atoms with Crippen LogP contribution in [0.3, 0.4) is 0 Å². The molecule has 1 saturated carbocycles. The van der Waals surface area contributed by atoms with Crippen molar-refractivity contribution in [1.82, 2.24) is 0 Å². The van der Waals surface area contributed by atoms with Crippen LogP contribution in [-0.2, 0) is 19.2 Å². The maximum Gasteiger partial charge on any atom is 0.316 e. The molecule has 2 aromatic carbocycles. The number of carbonyl (C=O) groups excluding carboxylic acids is 4. The van der Waals surface area contributed by atoms with Crippen LogP contribution >= 0.6 is 0 Å². The summed E-state index contributed by atoms with van der Waals surface area (Å²) in [6.07, 6.45) is 2.21. The SMILES string of the molecule is Cc1ccc(N2C[C@H](C(=O)Oc3cccc(N4C(=O)[C@H]5C[C@@H](C)CC[C@H]5C4=O)c3)CC2=O)cc1[N+](=O)[O-]. The molecular weight excluding hydrogens is 478 g/mol. The van der Waals surface area contributed by atoms with Gasteiger partial charge in [0.05, 0.1) is 34.1 Å². The fourth-order valence-corrected chi connectivity index (χ4v) is 5.61. The summed E-state index contributed by atoms with van der Waals surface area (Å²) in [6, 6.07) is 10.8. The fraction of sp³-hybridized carbons (Fsp3) is 0.407. The molecule has 0 radical (unpaired) electrons. The van der Waals surface area contributed by atoms with E-state index in [0.29, 0.717) is 35.7 Å². The first-order valence-electron chi connectivity index (χ1n) is 12.4. The van der Waals surface area contributed by atoms with Gasteiger partial charge in [-0.15, -0.1) is 0 Å². The van der Waals surface area contributed by atoms with E-state index in [2.05, 4.69) is 6.92 Å². The van der Waals surface area contributed by atoms with Crippen LogP contribution in [0.15, 0.2) is 42.5 Å². The van der Waals surface area contributed by atoms with Gasteiger partial charge in [-0.3, -0.25) is 29.3 Å². The smallest absolute Gasteiger partial charge is 0.316 e. The van der Waals surface area contributed by atoms with Crippen molar-refractivity contribution in [3.8, 4) is 5.75 Å². The zero-order chi connectivity index (χ0) is 26.4. The molecule has 3 amide bonds. The minimum absolute atomic E-state index is 0.0300. The van der Waals surface area contributed by atoms with Crippen LogP contribution in [0.25, 0.3) is 0 Å². The molecule has 10 nitrogen and oxygen atoms in total. The Kier molecular flexibility index (Phi) is 6.26. The third-order valence-electron chi connectivity index (χ3n) is 7.64. The molecule has 2 aliphatic heterocycles. The number of benzene rings is 2. The van der Waals surface area contributed by atoms with E-state index in [9.17, 15) is 29.3 Å². The summed E-state index contributed by atoms with van der Waals surface area (Å²) >= 11 is 0. The van der Waals surface area contributed by atoms with Crippen LogP contribution < -0.4 is 14.5 Å². The summed E-state index contributed by atoms with van der Waals surface area (Å²) in [5, 5.41) is 11.3. The third-order valence-corrected chi connectivity index (χ3v) is 7.64. The molecule has 0 unspecified atom stereocenters. The van der Waals surface area contributed by atoms with Crippen molar-refractivity contribution in [2.24, 2.45) is 23.7 Å². The lowest BCUT2D eigenvalue weighted by atomic mass is 9.76. The van der Waals surface area contributed by atoms with Gasteiger partial charge in [0.1, 0.15) is 5.75 Å². The van der Waals surface area contributed by atoms with Crippen LogP contribution in [0.1, 0.15) is 38.2 Å². The summed E-state index contributed by atoms with van der Waals surface area (Å²) in [6.45, 7) is 3.73. The second-order valence-corrected chi connectivity index (χ2v) is 10.2. The van der Waals surface area contributed by atoms with Crippen molar-refractivity contribution in [3.05, 3.63) is 58.1 Å². The number of hydrogen-bond acceptors (Lipinski definition) is 7. The molecule has 2 aromatic rings. The van der Waals surface area contributed by atoms with E-state index in [-0.39, 0.29) is 54.0 Å². The van der Waals surface area contributed by atoms with Crippen molar-refractivity contribution in [3.63, 3.8) is 0 Å². The van der Waals surface area contributed by atoms with Crippen LogP contribution in [0.5, 0.6) is 5.75 Å². The first-order valence-corrected chi connectivity index (χ1v) is 12.4. The molecule has 0 N–H and O–H groups in total. The minimum Gasteiger partial charge on any atom is -0.426 e. The molecule has 0 bridgehead atoms. The maximum absolute atomic E-state index is 13.0. The van der Waals surface area contributed by atoms with Crippen molar-refractivity contribution >= 4 is 40.8 Å². The molecule has 0 spiro atoms. The first kappa shape index (κ1) is 24.6. The molecule has 3 fully saturated rings. The Bertz CT molecular complexity index is 1320. The number of carbonyl (C=O) groups is 4. The highest BCUT2D eigenvalue weighted by atomic mass is 16.6. The summed E-state index contributed by atoms with van der Waals surface area (Å²) in [7, 11) is 0. The predicted octanol–water partition coefficient (Wildman–Crippen LogP) is 3.79. The molecule has 4 atom stereocenters. The third kappa shape index (κ3) is 4.47. The molecule has 37 heavy (non-hydrogen) atoms. The fourth-order valence-electron chi connectivity index (χ4n) is 5.61. The second-order valence-electron chi connectivity index (χ2n) is 10.2. The summed E-state index contributed by atoms with van der Waals surface area (Å²) in [5.41, 5.74) is 1.08. The standard InChI is InChI=1S/C27H27N3O7/c1-15-6-9-21-22(10-15)26(33)29(25(21)32)19-4-3-5-20(12-19)37-27(34)17-11-24(31)28(14-17)18-8-7-16(2)23(13-18)30(35)36/h3-5,7-8,12-13,15,17,21-22H,6,9-11,14H2,1-2H3/t15-,17+,21+,22-/m0/s1. The van der Waals surface area contributed by atoms with Crippen LogP contribution in [0.4, 0.5) is 17.1 Å². The number of anilines is 2. The van der Waals surface area contributed by atoms with Crippen molar-refractivity contribution in [1.29, 1.82) is 0 Å². The number of esters is 1. The minimum atomic E-state index is -0.768. The monoisotopic (exact) mass is 505 g/mol. The Morgan fingerprint density at radius 1 is 1.03 bits per heavy atom. The average molecular weight is 506 g/mol. The van der Waals surface area contributed by atoms with E-state index < -0.39 is 16.8 Å². The molecule has 2 heterocycles. The highest BCUT2D eigenvalue weighted by Gasteiger charge is 2.50. The summed E-state index contributed by atoms with van der Waals surface area (Å²) in [4.78, 5) is 64.9. The number of fused-ring (bicyclic) bond motifs is 1. The average Bonchev–Trinajstić information content (AvgIpc) is 3.36. The Hall–Kier alpha value is -4.08. The quantitative estimate of drug-likeness (QED) is 0.199. The number of rotatable bonds is 5. The van der Waals surface area contributed by atoms with E-state index in [0.717, 1.165) is 6.42 Å². The van der Waals surface area contributed by atoms with Gasteiger partial charge in [-0.25, -0.2) is 4.90 Å². The molecule has 0 aromatic heterocycles. The lowest BCUT2D eigenvalue weighted by molar-refractivity contribution is -0.385. The molecule has 1 aliphatic carbocycles. The largest absolute Gasteiger partial charge is 0.426 e. The number of nitrogens with zero attached hydrogens (tertiary/aromatic N) is 3. The highest BCUT2D eigenvalue weighted by molar-refractivity contribution is 6.22. The van der Waals surface area contributed by atoms with E-state index in [1.165, 1.54) is 21.9 Å². The topological polar surface area (TPSA) is 127 Å². The Morgan fingerprint density at radius 2 is 1.78 bits per heavy atom. The molecule has 5 rings (SSSR count). The summed E-state index contributed by atoms with van der Waals surface area (Å²) < 4.78 is 5.54. The van der Waals surface area contributed by atoms with Gasteiger partial charge < -0.3 is 9.64 Å². The number of nitro groups is 1. The number of nitro benzene ring substituents is 1. The van der Waals surface area contributed by atoms with Crippen molar-refractivity contribution in [2.75, 3.05) is 16.3 Å². The first-order chi connectivity index (χ1) is 17.6.